The number of aromatic nitrogens is 1. The molecule has 2 heterocycles. The van der Waals surface area contributed by atoms with E-state index in [-0.39, 0.29) is 12.1 Å². The van der Waals surface area contributed by atoms with Crippen LogP contribution in [0.5, 0.6) is 5.75 Å². The van der Waals surface area contributed by atoms with Crippen molar-refractivity contribution in [2.24, 2.45) is 0 Å². The van der Waals surface area contributed by atoms with Gasteiger partial charge in [0, 0.05) is 29.9 Å². The van der Waals surface area contributed by atoms with Crippen LogP contribution in [-0.4, -0.2) is 40.8 Å². The van der Waals surface area contributed by atoms with Gasteiger partial charge in [0.25, 0.3) is 0 Å². The highest BCUT2D eigenvalue weighted by atomic mass is 16.5. The summed E-state index contributed by atoms with van der Waals surface area (Å²) < 4.78 is 5.47. The third-order valence-corrected chi connectivity index (χ3v) is 4.32. The Morgan fingerprint density at radius 2 is 2.20 bits per heavy atom. The standard InChI is InChI=1S/C16H26N2O2/c1-11-9-17-14(12(2)16(11)20-4)10-18-8-6-5-7-15(18)13(3)19/h9,13,15,19H,5-8,10H2,1-4H3. The topological polar surface area (TPSA) is 45.6 Å². The van der Waals surface area contributed by atoms with Crippen molar-refractivity contribution in [3.8, 4) is 5.75 Å². The Kier molecular flexibility index (Phi) is 5.00. The third-order valence-electron chi connectivity index (χ3n) is 4.32. The maximum Gasteiger partial charge on any atom is 0.128 e. The molecule has 0 radical (unpaired) electrons. The number of aliphatic hydroxyl groups is 1. The van der Waals surface area contributed by atoms with Crippen molar-refractivity contribution in [1.82, 2.24) is 9.88 Å². The van der Waals surface area contributed by atoms with Crippen molar-refractivity contribution in [2.45, 2.75) is 58.7 Å². The molecule has 112 valence electrons. The van der Waals surface area contributed by atoms with Crippen LogP contribution in [0.1, 0.15) is 43.0 Å². The number of methoxy groups -OCH3 is 1. The van der Waals surface area contributed by atoms with Gasteiger partial charge in [-0.2, -0.15) is 0 Å². The summed E-state index contributed by atoms with van der Waals surface area (Å²) in [5.41, 5.74) is 3.24. The second-order valence-electron chi connectivity index (χ2n) is 5.82. The van der Waals surface area contributed by atoms with E-state index >= 15 is 0 Å². The van der Waals surface area contributed by atoms with Crippen LogP contribution in [0.2, 0.25) is 0 Å². The molecule has 0 spiro atoms. The zero-order valence-corrected chi connectivity index (χ0v) is 13.0. The molecule has 1 aliphatic rings. The van der Waals surface area contributed by atoms with Crippen LogP contribution in [-0.2, 0) is 6.54 Å². The number of piperidine rings is 1. The van der Waals surface area contributed by atoms with E-state index in [9.17, 15) is 5.11 Å². The summed E-state index contributed by atoms with van der Waals surface area (Å²) in [5, 5.41) is 9.95. The van der Waals surface area contributed by atoms with E-state index < -0.39 is 0 Å². The van der Waals surface area contributed by atoms with Gasteiger partial charge in [0.05, 0.1) is 18.9 Å². The van der Waals surface area contributed by atoms with Gasteiger partial charge in [-0.1, -0.05) is 6.42 Å². The summed E-state index contributed by atoms with van der Waals surface area (Å²) in [7, 11) is 1.71. The number of ether oxygens (including phenoxy) is 1. The predicted molar refractivity (Wildman–Crippen MR) is 80.0 cm³/mol. The highest BCUT2D eigenvalue weighted by Crippen LogP contribution is 2.27. The van der Waals surface area contributed by atoms with E-state index in [1.54, 1.807) is 7.11 Å². The van der Waals surface area contributed by atoms with Crippen LogP contribution in [0.25, 0.3) is 0 Å². The van der Waals surface area contributed by atoms with Gasteiger partial charge in [-0.3, -0.25) is 9.88 Å². The van der Waals surface area contributed by atoms with Gasteiger partial charge in [-0.25, -0.2) is 0 Å². The molecule has 2 rings (SSSR count). The molecule has 1 aliphatic heterocycles. The predicted octanol–water partition coefficient (Wildman–Crippen LogP) is 2.44. The van der Waals surface area contributed by atoms with E-state index in [2.05, 4.69) is 16.8 Å². The Morgan fingerprint density at radius 1 is 1.45 bits per heavy atom. The minimum atomic E-state index is -0.289. The molecule has 1 aromatic rings. The van der Waals surface area contributed by atoms with Crippen LogP contribution >= 0.6 is 0 Å². The first-order chi connectivity index (χ1) is 9.54. The van der Waals surface area contributed by atoms with Gasteiger partial charge in [-0.15, -0.1) is 0 Å². The van der Waals surface area contributed by atoms with E-state index in [0.29, 0.717) is 0 Å². The molecular weight excluding hydrogens is 252 g/mol. The Labute approximate surface area is 121 Å². The first-order valence-electron chi connectivity index (χ1n) is 7.45. The van der Waals surface area contributed by atoms with Gasteiger partial charge in [0.1, 0.15) is 5.75 Å². The van der Waals surface area contributed by atoms with Gasteiger partial charge in [-0.05, 0) is 40.2 Å². The lowest BCUT2D eigenvalue weighted by molar-refractivity contribution is 0.0308. The summed E-state index contributed by atoms with van der Waals surface area (Å²) >= 11 is 0. The van der Waals surface area contributed by atoms with Crippen LogP contribution in [0.3, 0.4) is 0 Å². The summed E-state index contributed by atoms with van der Waals surface area (Å²) in [6, 6.07) is 0.247. The summed E-state index contributed by atoms with van der Waals surface area (Å²) in [6.07, 6.45) is 5.06. The normalized spacial score (nSPS) is 21.8. The molecule has 0 bridgehead atoms. The number of hydrogen-bond acceptors (Lipinski definition) is 4. The van der Waals surface area contributed by atoms with E-state index in [0.717, 1.165) is 42.1 Å². The van der Waals surface area contributed by atoms with E-state index in [4.69, 9.17) is 4.74 Å². The zero-order chi connectivity index (χ0) is 14.7. The van der Waals surface area contributed by atoms with Crippen molar-refractivity contribution in [1.29, 1.82) is 0 Å². The fraction of sp³-hybridized carbons (Fsp3) is 0.688. The molecule has 0 amide bonds. The van der Waals surface area contributed by atoms with Gasteiger partial charge < -0.3 is 9.84 Å². The van der Waals surface area contributed by atoms with Gasteiger partial charge in [0.2, 0.25) is 0 Å². The van der Waals surface area contributed by atoms with Crippen LogP contribution in [0, 0.1) is 13.8 Å². The lowest BCUT2D eigenvalue weighted by atomic mass is 9.97. The van der Waals surface area contributed by atoms with Crippen molar-refractivity contribution in [2.75, 3.05) is 13.7 Å². The van der Waals surface area contributed by atoms with E-state index in [1.165, 1.54) is 12.8 Å². The molecule has 4 nitrogen and oxygen atoms in total. The molecule has 2 unspecified atom stereocenters. The molecule has 0 aliphatic carbocycles. The maximum atomic E-state index is 9.95. The first-order valence-corrected chi connectivity index (χ1v) is 7.45. The molecule has 0 saturated carbocycles. The molecule has 0 aromatic carbocycles. The Bertz CT molecular complexity index is 460. The fourth-order valence-corrected chi connectivity index (χ4v) is 3.18. The number of likely N-dealkylation sites (tertiary alicyclic amines) is 1. The number of pyridine rings is 1. The number of hydrogen-bond donors (Lipinski definition) is 1. The highest BCUT2D eigenvalue weighted by molar-refractivity contribution is 5.41. The van der Waals surface area contributed by atoms with Crippen LogP contribution < -0.4 is 4.74 Å². The van der Waals surface area contributed by atoms with Crippen LogP contribution in [0.15, 0.2) is 6.20 Å². The third kappa shape index (κ3) is 3.13. The number of nitrogens with zero attached hydrogens (tertiary/aromatic N) is 2. The minimum absolute atomic E-state index is 0.247. The number of rotatable bonds is 4. The smallest absolute Gasteiger partial charge is 0.128 e. The highest BCUT2D eigenvalue weighted by Gasteiger charge is 2.27. The number of aliphatic hydroxyl groups excluding tert-OH is 1. The van der Waals surface area contributed by atoms with Gasteiger partial charge in [0.15, 0.2) is 0 Å². The van der Waals surface area contributed by atoms with Gasteiger partial charge >= 0.3 is 0 Å². The Morgan fingerprint density at radius 3 is 2.85 bits per heavy atom. The monoisotopic (exact) mass is 278 g/mol. The van der Waals surface area contributed by atoms with E-state index in [1.807, 2.05) is 20.0 Å². The largest absolute Gasteiger partial charge is 0.496 e. The average Bonchev–Trinajstić information content (AvgIpc) is 2.43. The zero-order valence-electron chi connectivity index (χ0n) is 13.0. The minimum Gasteiger partial charge on any atom is -0.496 e. The molecule has 4 heteroatoms. The molecule has 1 saturated heterocycles. The van der Waals surface area contributed by atoms with Crippen molar-refractivity contribution < 1.29 is 9.84 Å². The molecule has 20 heavy (non-hydrogen) atoms. The molecule has 1 aromatic heterocycles. The second kappa shape index (κ2) is 6.55. The van der Waals surface area contributed by atoms with Crippen molar-refractivity contribution in [3.63, 3.8) is 0 Å². The molecule has 2 atom stereocenters. The molecule has 1 N–H and O–H groups in total. The first kappa shape index (κ1) is 15.3. The molecular formula is C16H26N2O2. The second-order valence-corrected chi connectivity index (χ2v) is 5.82. The summed E-state index contributed by atoms with van der Waals surface area (Å²) in [5.74, 6) is 0.931. The SMILES string of the molecule is COc1c(C)cnc(CN2CCCCC2C(C)O)c1C. The molecule has 1 fully saturated rings. The summed E-state index contributed by atoms with van der Waals surface area (Å²) in [6.45, 7) is 7.79. The van der Waals surface area contributed by atoms with Crippen molar-refractivity contribution >= 4 is 0 Å². The quantitative estimate of drug-likeness (QED) is 0.919. The average molecular weight is 278 g/mol. The van der Waals surface area contributed by atoms with Crippen LogP contribution in [0.4, 0.5) is 0 Å². The lowest BCUT2D eigenvalue weighted by Gasteiger charge is -2.37. The fourth-order valence-electron chi connectivity index (χ4n) is 3.18. The maximum absolute atomic E-state index is 9.95. The Hall–Kier alpha value is -1.13. The lowest BCUT2D eigenvalue weighted by Crippen LogP contribution is -2.45. The summed E-state index contributed by atoms with van der Waals surface area (Å²) in [4.78, 5) is 6.93. The Balaban J connectivity index is 2.20. The number of aryl methyl sites for hydroxylation is 1. The van der Waals surface area contributed by atoms with Crippen molar-refractivity contribution in [3.05, 3.63) is 23.0 Å².